The Kier molecular flexibility index (Phi) is 4.27. The Morgan fingerprint density at radius 1 is 1.27 bits per heavy atom. The topological polar surface area (TPSA) is 75.3 Å². The molecule has 2 heterocycles. The summed E-state index contributed by atoms with van der Waals surface area (Å²) < 4.78 is 50.6. The molecule has 0 radical (unpaired) electrons. The van der Waals surface area contributed by atoms with Crippen molar-refractivity contribution in [3.63, 3.8) is 0 Å². The normalized spacial score (nSPS) is 20.2. The summed E-state index contributed by atoms with van der Waals surface area (Å²) in [6.45, 7) is 1.54. The van der Waals surface area contributed by atoms with E-state index in [2.05, 4.69) is 5.10 Å². The Hall–Kier alpha value is -2.81. The smallest absolute Gasteiger partial charge is 0.438 e. The Bertz CT molecular complexity index is 858. The second-order valence-electron chi connectivity index (χ2n) is 5.79. The van der Waals surface area contributed by atoms with Crippen molar-refractivity contribution < 1.29 is 32.2 Å². The first-order valence-electron chi connectivity index (χ1n) is 7.58. The van der Waals surface area contributed by atoms with E-state index in [1.165, 1.54) is 31.4 Å². The van der Waals surface area contributed by atoms with Crippen LogP contribution in [-0.2, 0) is 0 Å². The maximum Gasteiger partial charge on any atom is 0.438 e. The first-order chi connectivity index (χ1) is 12.2. The van der Waals surface area contributed by atoms with Crippen LogP contribution in [0.3, 0.4) is 0 Å². The number of furan rings is 1. The number of aliphatic hydroxyl groups is 1. The molecule has 138 valence electrons. The number of ether oxygens (including phenoxy) is 1. The summed E-state index contributed by atoms with van der Waals surface area (Å²) in [4.78, 5) is 12.4. The lowest BCUT2D eigenvalue weighted by Crippen LogP contribution is -2.56. The molecule has 0 bridgehead atoms. The Morgan fingerprint density at radius 2 is 1.92 bits per heavy atom. The van der Waals surface area contributed by atoms with Crippen molar-refractivity contribution in [2.45, 2.75) is 25.2 Å². The van der Waals surface area contributed by atoms with Crippen molar-refractivity contribution in [3.8, 4) is 5.75 Å². The summed E-state index contributed by atoms with van der Waals surface area (Å²) in [7, 11) is 1.45. The second kappa shape index (κ2) is 6.17. The highest BCUT2D eigenvalue weighted by molar-refractivity contribution is 6.05. The van der Waals surface area contributed by atoms with Crippen molar-refractivity contribution in [1.29, 1.82) is 0 Å². The molecular weight excluding hydrogens is 353 g/mol. The third kappa shape index (κ3) is 2.94. The number of rotatable bonds is 3. The SMILES string of the molecule is COc1ccc(C2=NN(C(=O)c3ccc(C)o3)[C@](O)(C(F)(F)F)C2)cc1. The van der Waals surface area contributed by atoms with Gasteiger partial charge in [-0.25, -0.2) is 0 Å². The number of halogens is 3. The molecule has 9 heteroatoms. The van der Waals surface area contributed by atoms with E-state index in [-0.39, 0.29) is 16.5 Å². The summed E-state index contributed by atoms with van der Waals surface area (Å²) in [5, 5.41) is 14.0. The Labute approximate surface area is 146 Å². The monoisotopic (exact) mass is 368 g/mol. The van der Waals surface area contributed by atoms with Crippen molar-refractivity contribution in [3.05, 3.63) is 53.5 Å². The van der Waals surface area contributed by atoms with Gasteiger partial charge in [0, 0.05) is 0 Å². The molecule has 1 amide bonds. The highest BCUT2D eigenvalue weighted by atomic mass is 19.4. The fraction of sp³-hybridized carbons (Fsp3) is 0.294. The second-order valence-corrected chi connectivity index (χ2v) is 5.79. The number of alkyl halides is 3. The van der Waals surface area contributed by atoms with Crippen LogP contribution in [0.1, 0.15) is 28.3 Å². The van der Waals surface area contributed by atoms with Gasteiger partial charge in [-0.15, -0.1) is 0 Å². The molecule has 0 saturated heterocycles. The van der Waals surface area contributed by atoms with Crippen molar-refractivity contribution in [2.24, 2.45) is 5.10 Å². The first-order valence-corrected chi connectivity index (χ1v) is 7.58. The first kappa shape index (κ1) is 18.0. The summed E-state index contributed by atoms with van der Waals surface area (Å²) >= 11 is 0. The van der Waals surface area contributed by atoms with Gasteiger partial charge in [0.15, 0.2) is 5.76 Å². The molecule has 2 aromatic rings. The molecule has 1 atom stereocenters. The van der Waals surface area contributed by atoms with E-state index in [0.29, 0.717) is 17.1 Å². The lowest BCUT2D eigenvalue weighted by atomic mass is 10.0. The molecule has 26 heavy (non-hydrogen) atoms. The fourth-order valence-corrected chi connectivity index (χ4v) is 2.58. The molecule has 0 spiro atoms. The zero-order valence-electron chi connectivity index (χ0n) is 13.9. The Morgan fingerprint density at radius 3 is 2.42 bits per heavy atom. The highest BCUT2D eigenvalue weighted by Gasteiger charge is 2.63. The minimum atomic E-state index is -5.11. The van der Waals surface area contributed by atoms with Crippen LogP contribution in [0.2, 0.25) is 0 Å². The molecule has 1 aromatic carbocycles. The number of hydrogen-bond acceptors (Lipinski definition) is 5. The average molecular weight is 368 g/mol. The largest absolute Gasteiger partial charge is 0.497 e. The van der Waals surface area contributed by atoms with E-state index in [1.54, 1.807) is 19.1 Å². The standard InChI is InChI=1S/C17H15F3N2O4/c1-10-3-8-14(26-10)15(23)22-16(24,17(18,19)20)9-13(21-22)11-4-6-12(25-2)7-5-11/h3-8,24H,9H2,1-2H3/t16-/m1/s1. The van der Waals surface area contributed by atoms with Crippen LogP contribution in [0.4, 0.5) is 13.2 Å². The lowest BCUT2D eigenvalue weighted by Gasteiger charge is -2.32. The van der Waals surface area contributed by atoms with E-state index < -0.39 is 24.2 Å². The van der Waals surface area contributed by atoms with Gasteiger partial charge in [-0.1, -0.05) is 0 Å². The van der Waals surface area contributed by atoms with Gasteiger partial charge in [-0.3, -0.25) is 4.79 Å². The molecule has 1 aliphatic heterocycles. The number of nitrogens with zero attached hydrogens (tertiary/aromatic N) is 2. The van der Waals surface area contributed by atoms with Crippen molar-refractivity contribution >= 4 is 11.6 Å². The highest BCUT2D eigenvalue weighted by Crippen LogP contribution is 2.42. The van der Waals surface area contributed by atoms with Gasteiger partial charge in [-0.05, 0) is 48.9 Å². The van der Waals surface area contributed by atoms with Gasteiger partial charge in [0.1, 0.15) is 11.5 Å². The number of amides is 1. The molecule has 1 aliphatic rings. The molecule has 1 N–H and O–H groups in total. The molecule has 3 rings (SSSR count). The maximum absolute atomic E-state index is 13.5. The van der Waals surface area contributed by atoms with Crippen LogP contribution < -0.4 is 4.74 Å². The summed E-state index contributed by atoms with van der Waals surface area (Å²) in [5.41, 5.74) is -3.21. The molecule has 1 aromatic heterocycles. The van der Waals surface area contributed by atoms with Crippen LogP contribution >= 0.6 is 0 Å². The number of hydrogen-bond donors (Lipinski definition) is 1. The van der Waals surface area contributed by atoms with Crippen LogP contribution in [0.25, 0.3) is 0 Å². The zero-order valence-corrected chi connectivity index (χ0v) is 13.9. The van der Waals surface area contributed by atoms with E-state index >= 15 is 0 Å². The minimum absolute atomic E-state index is 0.0326. The number of hydrazone groups is 1. The van der Waals surface area contributed by atoms with Gasteiger partial charge in [0.05, 0.1) is 19.2 Å². The lowest BCUT2D eigenvalue weighted by molar-refractivity contribution is -0.297. The molecular formula is C17H15F3N2O4. The van der Waals surface area contributed by atoms with Gasteiger partial charge in [-0.2, -0.15) is 23.3 Å². The number of benzene rings is 1. The van der Waals surface area contributed by atoms with Crippen LogP contribution in [-0.4, -0.2) is 40.7 Å². The molecule has 6 nitrogen and oxygen atoms in total. The molecule has 0 saturated carbocycles. The zero-order chi connectivity index (χ0) is 19.1. The fourth-order valence-electron chi connectivity index (χ4n) is 2.58. The van der Waals surface area contributed by atoms with Gasteiger partial charge < -0.3 is 14.3 Å². The quantitative estimate of drug-likeness (QED) is 0.903. The number of aryl methyl sites for hydroxylation is 1. The van der Waals surface area contributed by atoms with E-state index in [9.17, 15) is 23.1 Å². The summed E-state index contributed by atoms with van der Waals surface area (Å²) in [6.07, 6.45) is -6.00. The summed E-state index contributed by atoms with van der Waals surface area (Å²) in [5.74, 6) is -0.661. The number of carbonyl (C=O) groups excluding carboxylic acids is 1. The van der Waals surface area contributed by atoms with Gasteiger partial charge in [0.25, 0.3) is 5.72 Å². The van der Waals surface area contributed by atoms with Crippen LogP contribution in [0.5, 0.6) is 5.75 Å². The van der Waals surface area contributed by atoms with E-state index in [0.717, 1.165) is 0 Å². The van der Waals surface area contributed by atoms with Gasteiger partial charge >= 0.3 is 12.1 Å². The third-order valence-corrected chi connectivity index (χ3v) is 4.01. The number of carbonyl (C=O) groups is 1. The third-order valence-electron chi connectivity index (χ3n) is 4.01. The molecule has 0 aliphatic carbocycles. The van der Waals surface area contributed by atoms with Crippen molar-refractivity contribution in [1.82, 2.24) is 5.01 Å². The minimum Gasteiger partial charge on any atom is -0.497 e. The van der Waals surface area contributed by atoms with E-state index in [4.69, 9.17) is 9.15 Å². The Balaban J connectivity index is 2.01. The maximum atomic E-state index is 13.5. The van der Waals surface area contributed by atoms with E-state index in [1.807, 2.05) is 0 Å². The molecule has 0 fully saturated rings. The predicted molar refractivity (Wildman–Crippen MR) is 84.8 cm³/mol. The van der Waals surface area contributed by atoms with Gasteiger partial charge in [0.2, 0.25) is 0 Å². The molecule has 0 unspecified atom stereocenters. The predicted octanol–water partition coefficient (Wildman–Crippen LogP) is 3.10. The average Bonchev–Trinajstić information content (AvgIpc) is 3.18. The van der Waals surface area contributed by atoms with Crippen LogP contribution in [0, 0.1) is 6.92 Å². The summed E-state index contributed by atoms with van der Waals surface area (Å²) in [6, 6.07) is 8.76. The number of methoxy groups -OCH3 is 1. The van der Waals surface area contributed by atoms with Crippen molar-refractivity contribution in [2.75, 3.05) is 7.11 Å². The van der Waals surface area contributed by atoms with Crippen LogP contribution in [0.15, 0.2) is 45.9 Å².